The average Bonchev–Trinajstić information content (AvgIpc) is 3.14. The first-order chi connectivity index (χ1) is 10.3. The molecule has 4 nitrogen and oxygen atoms in total. The van der Waals surface area contributed by atoms with Crippen molar-refractivity contribution in [2.75, 3.05) is 0 Å². The molecule has 2 aromatic carbocycles. The van der Waals surface area contributed by atoms with E-state index in [0.717, 1.165) is 32.6 Å². The van der Waals surface area contributed by atoms with Gasteiger partial charge in [-0.1, -0.05) is 40.2 Å². The van der Waals surface area contributed by atoms with Gasteiger partial charge >= 0.3 is 0 Å². The lowest BCUT2D eigenvalue weighted by Gasteiger charge is -2.04. The quantitative estimate of drug-likeness (QED) is 0.671. The van der Waals surface area contributed by atoms with Gasteiger partial charge in [-0.05, 0) is 35.9 Å². The lowest BCUT2D eigenvalue weighted by atomic mass is 10.1. The Labute approximate surface area is 130 Å². The predicted octanol–water partition coefficient (Wildman–Crippen LogP) is 2.93. The molecule has 4 N–H and O–H groups in total. The Kier molecular flexibility index (Phi) is 3.02. The van der Waals surface area contributed by atoms with E-state index in [1.54, 1.807) is 0 Å². The summed E-state index contributed by atoms with van der Waals surface area (Å²) in [6.45, 7) is 0. The number of aromatic nitrogens is 2. The molecule has 1 atom stereocenters. The predicted molar refractivity (Wildman–Crippen MR) is 86.0 cm³/mol. The topological polar surface area (TPSA) is 54.0 Å². The van der Waals surface area contributed by atoms with E-state index in [2.05, 4.69) is 67.1 Å². The number of rotatable bonds is 2. The molecule has 21 heavy (non-hydrogen) atoms. The number of imidazole rings is 1. The van der Waals surface area contributed by atoms with Crippen LogP contribution in [0.5, 0.6) is 0 Å². The summed E-state index contributed by atoms with van der Waals surface area (Å²) in [5.74, 6) is 1.04. The van der Waals surface area contributed by atoms with Crippen LogP contribution < -0.4 is 15.8 Å². The summed E-state index contributed by atoms with van der Waals surface area (Å²) in [5.41, 5.74) is 11.0. The second kappa shape index (κ2) is 5.02. The molecular formula is C16H14BrN4+. The van der Waals surface area contributed by atoms with E-state index in [4.69, 9.17) is 0 Å². The maximum Gasteiger partial charge on any atom is 0.276 e. The smallest absolute Gasteiger partial charge is 0.276 e. The van der Waals surface area contributed by atoms with Crippen molar-refractivity contribution in [3.63, 3.8) is 0 Å². The minimum absolute atomic E-state index is 0.0936. The van der Waals surface area contributed by atoms with Crippen molar-refractivity contribution < 1.29 is 4.98 Å². The number of hydrogen-bond donors (Lipinski definition) is 3. The van der Waals surface area contributed by atoms with Crippen LogP contribution in [0.1, 0.15) is 17.4 Å². The van der Waals surface area contributed by atoms with Crippen molar-refractivity contribution in [1.29, 1.82) is 0 Å². The summed E-state index contributed by atoms with van der Waals surface area (Å²) < 4.78 is 1.08. The maximum atomic E-state index is 3.46. The highest BCUT2D eigenvalue weighted by Crippen LogP contribution is 2.23. The number of aromatic amines is 2. The van der Waals surface area contributed by atoms with Gasteiger partial charge in [-0.25, -0.2) is 15.4 Å². The molecule has 2 heterocycles. The molecule has 1 aliphatic rings. The zero-order valence-corrected chi connectivity index (χ0v) is 12.7. The Morgan fingerprint density at radius 1 is 1.00 bits per heavy atom. The summed E-state index contributed by atoms with van der Waals surface area (Å²) in [6, 6.07) is 16.5. The van der Waals surface area contributed by atoms with Crippen molar-refractivity contribution in [3.05, 3.63) is 70.5 Å². The molecule has 1 aliphatic heterocycles. The molecule has 0 radical (unpaired) electrons. The maximum absolute atomic E-state index is 3.46. The van der Waals surface area contributed by atoms with Crippen LogP contribution >= 0.6 is 15.9 Å². The minimum atomic E-state index is 0.0936. The zero-order chi connectivity index (χ0) is 14.2. The van der Waals surface area contributed by atoms with Crippen LogP contribution in [-0.2, 0) is 0 Å². The largest absolute Gasteiger partial charge is 0.320 e. The number of hydrogen-bond acceptors (Lipinski definition) is 2. The van der Waals surface area contributed by atoms with Gasteiger partial charge in [0.15, 0.2) is 11.0 Å². The molecule has 3 aromatic rings. The first-order valence-electron chi connectivity index (χ1n) is 6.79. The van der Waals surface area contributed by atoms with Gasteiger partial charge < -0.3 is 5.43 Å². The van der Waals surface area contributed by atoms with E-state index < -0.39 is 0 Å². The van der Waals surface area contributed by atoms with Crippen LogP contribution in [0, 0.1) is 0 Å². The molecule has 5 heteroatoms. The fourth-order valence-electron chi connectivity index (χ4n) is 2.54. The lowest BCUT2D eigenvalue weighted by molar-refractivity contribution is -0.360. The van der Waals surface area contributed by atoms with Crippen LogP contribution in [-0.4, -0.2) is 4.98 Å². The fraction of sp³-hybridized carbons (Fsp3) is 0.0625. The first kappa shape index (κ1) is 12.6. The van der Waals surface area contributed by atoms with Crippen molar-refractivity contribution in [3.8, 4) is 0 Å². The van der Waals surface area contributed by atoms with Crippen LogP contribution in [0.25, 0.3) is 16.7 Å². The van der Waals surface area contributed by atoms with Gasteiger partial charge in [0, 0.05) is 4.47 Å². The molecule has 0 aliphatic carbocycles. The van der Waals surface area contributed by atoms with Gasteiger partial charge in [0.1, 0.15) is 6.04 Å². The Balaban J connectivity index is 1.66. The molecule has 0 saturated heterocycles. The monoisotopic (exact) mass is 341 g/mol. The van der Waals surface area contributed by atoms with Gasteiger partial charge in [-0.3, -0.25) is 0 Å². The van der Waals surface area contributed by atoms with E-state index in [0.29, 0.717) is 0 Å². The molecule has 0 amide bonds. The third-order valence-corrected chi connectivity index (χ3v) is 4.16. The average molecular weight is 342 g/mol. The summed E-state index contributed by atoms with van der Waals surface area (Å²) in [4.78, 5) is 6.82. The number of halogens is 1. The Hall–Kier alpha value is -2.11. The molecule has 0 saturated carbocycles. The highest BCUT2D eigenvalue weighted by atomic mass is 79.9. The van der Waals surface area contributed by atoms with Gasteiger partial charge in [-0.15, -0.1) is 0 Å². The molecule has 104 valence electrons. The van der Waals surface area contributed by atoms with E-state index in [9.17, 15) is 0 Å². The molecule has 1 unspecified atom stereocenters. The number of H-pyrrole nitrogens is 2. The molecule has 0 bridgehead atoms. The second-order valence-electron chi connectivity index (χ2n) is 5.04. The van der Waals surface area contributed by atoms with Crippen LogP contribution in [0.3, 0.4) is 0 Å². The summed E-state index contributed by atoms with van der Waals surface area (Å²) in [5, 5.41) is 0. The second-order valence-corrected chi connectivity index (χ2v) is 5.96. The number of fused-ring (bicyclic) bond motifs is 1. The van der Waals surface area contributed by atoms with E-state index in [1.165, 1.54) is 0 Å². The third-order valence-electron chi connectivity index (χ3n) is 3.63. The number of para-hydroxylation sites is 2. The standard InChI is InChI=1S/C16H13BrN4/c17-11-7-5-10(6-8-11)14-9-15(21-20-14)16-18-12-3-1-2-4-13(12)19-16/h1-9,15,20-21H,(H,18,19)/p+1. The Bertz CT molecular complexity index is 787. The Morgan fingerprint density at radius 3 is 2.62 bits per heavy atom. The highest BCUT2D eigenvalue weighted by molar-refractivity contribution is 9.10. The lowest BCUT2D eigenvalue weighted by Crippen LogP contribution is -2.29. The first-order valence-corrected chi connectivity index (χ1v) is 7.58. The van der Waals surface area contributed by atoms with Gasteiger partial charge in [0.25, 0.3) is 5.82 Å². The number of hydrazine groups is 1. The van der Waals surface area contributed by atoms with Crippen LogP contribution in [0.4, 0.5) is 0 Å². The number of benzene rings is 2. The molecular weight excluding hydrogens is 328 g/mol. The van der Waals surface area contributed by atoms with Crippen molar-refractivity contribution in [2.45, 2.75) is 6.04 Å². The van der Waals surface area contributed by atoms with Crippen molar-refractivity contribution in [2.24, 2.45) is 0 Å². The Morgan fingerprint density at radius 2 is 1.81 bits per heavy atom. The van der Waals surface area contributed by atoms with E-state index in [1.807, 2.05) is 24.3 Å². The normalized spacial score (nSPS) is 17.8. The molecule has 0 fully saturated rings. The summed E-state index contributed by atoms with van der Waals surface area (Å²) in [7, 11) is 0. The van der Waals surface area contributed by atoms with E-state index in [-0.39, 0.29) is 6.04 Å². The van der Waals surface area contributed by atoms with Gasteiger partial charge in [0.2, 0.25) is 0 Å². The van der Waals surface area contributed by atoms with Crippen LogP contribution in [0.15, 0.2) is 59.1 Å². The summed E-state index contributed by atoms with van der Waals surface area (Å²) >= 11 is 3.46. The summed E-state index contributed by atoms with van der Waals surface area (Å²) in [6.07, 6.45) is 2.17. The number of nitrogens with one attached hydrogen (secondary N) is 4. The SMILES string of the molecule is Brc1ccc(C2=CC(c3[nH]c4ccccc4[nH+]3)NN2)cc1. The minimum Gasteiger partial charge on any atom is -0.320 e. The zero-order valence-electron chi connectivity index (χ0n) is 11.2. The van der Waals surface area contributed by atoms with Crippen LogP contribution in [0.2, 0.25) is 0 Å². The van der Waals surface area contributed by atoms with Crippen molar-refractivity contribution >= 4 is 32.7 Å². The third kappa shape index (κ3) is 2.34. The molecule has 4 rings (SSSR count). The van der Waals surface area contributed by atoms with E-state index >= 15 is 0 Å². The molecule has 1 aromatic heterocycles. The highest BCUT2D eigenvalue weighted by Gasteiger charge is 2.24. The molecule has 0 spiro atoms. The van der Waals surface area contributed by atoms with Crippen molar-refractivity contribution in [1.82, 2.24) is 15.8 Å². The fourth-order valence-corrected chi connectivity index (χ4v) is 2.80. The van der Waals surface area contributed by atoms with Gasteiger partial charge in [-0.2, -0.15) is 0 Å². The van der Waals surface area contributed by atoms with Gasteiger partial charge in [0.05, 0.1) is 5.70 Å².